The third-order valence-corrected chi connectivity index (χ3v) is 1.96. The van der Waals surface area contributed by atoms with E-state index >= 15 is 0 Å². The van der Waals surface area contributed by atoms with Crippen LogP contribution >= 0.6 is 24.8 Å². The molecule has 2 unspecified atom stereocenters. The molecular weight excluding hydrogens is 263 g/mol. The second kappa shape index (κ2) is 9.27. The number of nitrogens with zero attached hydrogens (tertiary/aromatic N) is 2. The van der Waals surface area contributed by atoms with Gasteiger partial charge < -0.3 is 15.6 Å². The van der Waals surface area contributed by atoms with E-state index in [1.165, 1.54) is 0 Å². The van der Waals surface area contributed by atoms with Crippen LogP contribution in [0.2, 0.25) is 0 Å². The van der Waals surface area contributed by atoms with Crippen LogP contribution < -0.4 is 11.1 Å². The van der Waals surface area contributed by atoms with Crippen molar-refractivity contribution in [3.05, 3.63) is 18.7 Å². The molecule has 1 rings (SSSR count). The van der Waals surface area contributed by atoms with Crippen LogP contribution in [0.3, 0.4) is 0 Å². The molecule has 1 heterocycles. The second-order valence-electron chi connectivity index (χ2n) is 3.91. The molecule has 1 amide bonds. The van der Waals surface area contributed by atoms with Crippen molar-refractivity contribution >= 4 is 30.7 Å². The molecule has 0 bridgehead atoms. The van der Waals surface area contributed by atoms with Gasteiger partial charge in [-0.25, -0.2) is 4.98 Å². The molecule has 0 aliphatic rings. The summed E-state index contributed by atoms with van der Waals surface area (Å²) >= 11 is 0. The number of halogens is 2. The van der Waals surface area contributed by atoms with Crippen LogP contribution in [0.25, 0.3) is 0 Å². The van der Waals surface area contributed by atoms with Gasteiger partial charge >= 0.3 is 0 Å². The van der Waals surface area contributed by atoms with E-state index in [-0.39, 0.29) is 42.8 Å². The van der Waals surface area contributed by atoms with Crippen molar-refractivity contribution in [2.24, 2.45) is 5.73 Å². The van der Waals surface area contributed by atoms with E-state index in [0.717, 1.165) is 6.54 Å². The Kier molecular flexibility index (Phi) is 10.1. The predicted molar refractivity (Wildman–Crippen MR) is 72.6 cm³/mol. The monoisotopic (exact) mass is 282 g/mol. The minimum absolute atomic E-state index is 0. The summed E-state index contributed by atoms with van der Waals surface area (Å²) in [4.78, 5) is 15.3. The van der Waals surface area contributed by atoms with Crippen molar-refractivity contribution in [2.45, 2.75) is 38.9 Å². The highest BCUT2D eigenvalue weighted by Gasteiger charge is 2.09. The van der Waals surface area contributed by atoms with E-state index in [1.54, 1.807) is 12.5 Å². The van der Waals surface area contributed by atoms with Crippen molar-refractivity contribution in [1.29, 1.82) is 0 Å². The summed E-state index contributed by atoms with van der Waals surface area (Å²) in [6.45, 7) is 4.50. The summed E-state index contributed by atoms with van der Waals surface area (Å²) in [5.74, 6) is -0.00221. The number of aromatic nitrogens is 2. The van der Waals surface area contributed by atoms with Crippen molar-refractivity contribution in [3.8, 4) is 0 Å². The highest BCUT2D eigenvalue weighted by Crippen LogP contribution is 1.93. The lowest BCUT2D eigenvalue weighted by molar-refractivity contribution is -0.122. The Labute approximate surface area is 114 Å². The van der Waals surface area contributed by atoms with E-state index in [1.807, 2.05) is 24.6 Å². The first-order chi connectivity index (χ1) is 7.08. The highest BCUT2D eigenvalue weighted by molar-refractivity contribution is 5.85. The Hall–Kier alpha value is -0.780. The zero-order valence-electron chi connectivity index (χ0n) is 10.00. The number of imidazole rings is 1. The van der Waals surface area contributed by atoms with Crippen LogP contribution in [0.4, 0.5) is 0 Å². The second-order valence-corrected chi connectivity index (χ2v) is 3.91. The maximum absolute atomic E-state index is 11.4. The van der Waals surface area contributed by atoms with Crippen LogP contribution in [0.15, 0.2) is 18.7 Å². The van der Waals surface area contributed by atoms with E-state index in [9.17, 15) is 4.79 Å². The maximum Gasteiger partial charge on any atom is 0.221 e. The summed E-state index contributed by atoms with van der Waals surface area (Å²) in [7, 11) is 0. The minimum atomic E-state index is -0.0922. The van der Waals surface area contributed by atoms with Gasteiger partial charge in [0, 0.05) is 37.4 Å². The Morgan fingerprint density at radius 1 is 1.47 bits per heavy atom. The highest BCUT2D eigenvalue weighted by atomic mass is 35.5. The molecule has 17 heavy (non-hydrogen) atoms. The number of amides is 1. The molecule has 0 aromatic carbocycles. The fourth-order valence-electron chi connectivity index (χ4n) is 1.38. The van der Waals surface area contributed by atoms with Gasteiger partial charge in [-0.2, -0.15) is 0 Å². The molecule has 0 saturated heterocycles. The molecule has 0 spiro atoms. The maximum atomic E-state index is 11.4. The van der Waals surface area contributed by atoms with E-state index < -0.39 is 0 Å². The first-order valence-corrected chi connectivity index (χ1v) is 5.08. The summed E-state index contributed by atoms with van der Waals surface area (Å²) < 4.78 is 1.93. The van der Waals surface area contributed by atoms with Gasteiger partial charge in [0.1, 0.15) is 0 Å². The Morgan fingerprint density at radius 2 is 2.12 bits per heavy atom. The number of carbonyl (C=O) groups excluding carboxylic acids is 1. The minimum Gasteiger partial charge on any atom is -0.352 e. The van der Waals surface area contributed by atoms with E-state index in [4.69, 9.17) is 5.73 Å². The van der Waals surface area contributed by atoms with Crippen molar-refractivity contribution in [2.75, 3.05) is 0 Å². The Bertz CT molecular complexity index is 303. The molecule has 0 radical (unpaired) electrons. The average molecular weight is 283 g/mol. The van der Waals surface area contributed by atoms with Gasteiger partial charge in [-0.3, -0.25) is 4.79 Å². The third kappa shape index (κ3) is 8.01. The molecule has 0 aliphatic carbocycles. The van der Waals surface area contributed by atoms with Gasteiger partial charge in [0.15, 0.2) is 0 Å². The van der Waals surface area contributed by atoms with Crippen LogP contribution in [-0.2, 0) is 11.3 Å². The van der Waals surface area contributed by atoms with Crippen LogP contribution in [0, 0.1) is 0 Å². The van der Waals surface area contributed by atoms with Gasteiger partial charge in [0.25, 0.3) is 0 Å². The number of hydrogen-bond acceptors (Lipinski definition) is 3. The number of nitrogens with two attached hydrogens (primary N) is 1. The fraction of sp³-hybridized carbons (Fsp3) is 0.600. The van der Waals surface area contributed by atoms with Crippen LogP contribution in [0.1, 0.15) is 20.3 Å². The summed E-state index contributed by atoms with van der Waals surface area (Å²) in [6.07, 6.45) is 5.69. The molecule has 7 heteroatoms. The smallest absolute Gasteiger partial charge is 0.221 e. The predicted octanol–water partition coefficient (Wildman–Crippen LogP) is 0.969. The summed E-state index contributed by atoms with van der Waals surface area (Å²) in [5, 5.41) is 2.88. The fourth-order valence-corrected chi connectivity index (χ4v) is 1.38. The van der Waals surface area contributed by atoms with Gasteiger partial charge in [0.05, 0.1) is 6.33 Å². The molecule has 1 aromatic heterocycles. The Morgan fingerprint density at radius 3 is 2.59 bits per heavy atom. The number of hydrogen-bond donors (Lipinski definition) is 2. The molecule has 5 nitrogen and oxygen atoms in total. The van der Waals surface area contributed by atoms with Crippen LogP contribution in [-0.4, -0.2) is 27.5 Å². The molecule has 1 aromatic rings. The first kappa shape index (κ1) is 18.6. The van der Waals surface area contributed by atoms with Gasteiger partial charge in [0.2, 0.25) is 5.91 Å². The lowest BCUT2D eigenvalue weighted by Crippen LogP contribution is -2.38. The number of rotatable bonds is 5. The molecule has 0 fully saturated rings. The van der Waals surface area contributed by atoms with Gasteiger partial charge in [-0.15, -0.1) is 24.8 Å². The lowest BCUT2D eigenvalue weighted by atomic mass is 10.2. The standard InChI is InChI=1S/C10H18N4O.2ClH/c1-8(11)5-10(15)13-9(2)6-14-4-3-12-7-14;;/h3-4,7-9H,5-6,11H2,1-2H3,(H,13,15);2*1H. The van der Waals surface area contributed by atoms with Gasteiger partial charge in [-0.1, -0.05) is 0 Å². The third-order valence-electron chi connectivity index (χ3n) is 1.96. The van der Waals surface area contributed by atoms with Gasteiger partial charge in [-0.05, 0) is 13.8 Å². The average Bonchev–Trinajstić information content (AvgIpc) is 2.53. The summed E-state index contributed by atoms with van der Waals surface area (Å²) in [5.41, 5.74) is 5.53. The molecular formula is C10H20Cl2N4O. The van der Waals surface area contributed by atoms with E-state index in [2.05, 4.69) is 10.3 Å². The quantitative estimate of drug-likeness (QED) is 0.845. The Balaban J connectivity index is 0. The van der Waals surface area contributed by atoms with E-state index in [0.29, 0.717) is 6.42 Å². The molecule has 100 valence electrons. The molecule has 3 N–H and O–H groups in total. The van der Waals surface area contributed by atoms with Crippen molar-refractivity contribution < 1.29 is 4.79 Å². The van der Waals surface area contributed by atoms with Crippen LogP contribution in [0.5, 0.6) is 0 Å². The molecule has 0 saturated carbocycles. The molecule has 2 atom stereocenters. The van der Waals surface area contributed by atoms with Crippen molar-refractivity contribution in [3.63, 3.8) is 0 Å². The first-order valence-electron chi connectivity index (χ1n) is 5.08. The normalized spacial score (nSPS) is 12.9. The molecule has 0 aliphatic heterocycles. The summed E-state index contributed by atoms with van der Waals surface area (Å²) in [6, 6.07) is -0.00380. The largest absolute Gasteiger partial charge is 0.352 e. The number of nitrogens with one attached hydrogen (secondary N) is 1. The topological polar surface area (TPSA) is 72.9 Å². The lowest BCUT2D eigenvalue weighted by Gasteiger charge is -2.15. The zero-order chi connectivity index (χ0) is 11.3. The van der Waals surface area contributed by atoms with Crippen molar-refractivity contribution in [1.82, 2.24) is 14.9 Å². The number of carbonyl (C=O) groups is 1. The zero-order valence-corrected chi connectivity index (χ0v) is 11.6. The SMILES string of the molecule is CC(N)CC(=O)NC(C)Cn1ccnc1.Cl.Cl.